The zero-order valence-corrected chi connectivity index (χ0v) is 18.9. The molecule has 0 atom stereocenters. The Balaban J connectivity index is 1.48. The predicted octanol–water partition coefficient (Wildman–Crippen LogP) is 3.93. The van der Waals surface area contributed by atoms with Gasteiger partial charge in [0.25, 0.3) is 5.91 Å². The summed E-state index contributed by atoms with van der Waals surface area (Å²) in [5.41, 5.74) is 6.80. The quantitative estimate of drug-likeness (QED) is 0.254. The standard InChI is InChI=1S/C25H24N4O3S/c1-2-6-22(30)26-20-14-11-19(12-15-20)24(32)28-29-25(33)27-23(31)16-13-18-9-5-8-17-7-3-4-10-21(17)18/h3-5,7-16H,2,6H2,1H3,(H,26,30)(H,28,32)(H2,27,29,31,33)/b16-13+. The molecule has 0 bridgehead atoms. The SMILES string of the molecule is CCCC(=O)Nc1ccc(C(=O)NNC(=S)NC(=O)/C=C/c2cccc3ccccc23)cc1. The van der Waals surface area contributed by atoms with Gasteiger partial charge in [0.05, 0.1) is 0 Å². The summed E-state index contributed by atoms with van der Waals surface area (Å²) in [6, 6.07) is 20.2. The molecule has 4 N–H and O–H groups in total. The van der Waals surface area contributed by atoms with Gasteiger partial charge in [-0.05, 0) is 65.3 Å². The highest BCUT2D eigenvalue weighted by Gasteiger charge is 2.08. The Morgan fingerprint density at radius 2 is 1.64 bits per heavy atom. The maximum atomic E-state index is 12.3. The monoisotopic (exact) mass is 460 g/mol. The van der Waals surface area contributed by atoms with Crippen molar-refractivity contribution in [3.8, 4) is 0 Å². The van der Waals surface area contributed by atoms with Gasteiger partial charge >= 0.3 is 0 Å². The number of rotatable bonds is 6. The maximum absolute atomic E-state index is 12.3. The number of hydrogen-bond acceptors (Lipinski definition) is 4. The van der Waals surface area contributed by atoms with E-state index in [9.17, 15) is 14.4 Å². The van der Waals surface area contributed by atoms with Crippen molar-refractivity contribution in [3.63, 3.8) is 0 Å². The number of fused-ring (bicyclic) bond motifs is 1. The molecule has 0 fully saturated rings. The highest BCUT2D eigenvalue weighted by Crippen LogP contribution is 2.19. The molecule has 0 saturated heterocycles. The molecule has 168 valence electrons. The van der Waals surface area contributed by atoms with Crippen molar-refractivity contribution in [2.24, 2.45) is 0 Å². The lowest BCUT2D eigenvalue weighted by atomic mass is 10.0. The molecule has 3 aromatic rings. The number of amides is 3. The normalized spacial score (nSPS) is 10.6. The van der Waals surface area contributed by atoms with Crippen LogP contribution in [-0.2, 0) is 9.59 Å². The number of anilines is 1. The minimum absolute atomic E-state index is 0.0423. The topological polar surface area (TPSA) is 99.3 Å². The average Bonchev–Trinajstić information content (AvgIpc) is 2.81. The fourth-order valence-electron chi connectivity index (χ4n) is 3.09. The minimum Gasteiger partial charge on any atom is -0.326 e. The first-order chi connectivity index (χ1) is 16.0. The molecule has 0 aliphatic heterocycles. The van der Waals surface area contributed by atoms with E-state index in [4.69, 9.17) is 12.2 Å². The molecule has 0 saturated carbocycles. The summed E-state index contributed by atoms with van der Waals surface area (Å²) in [5, 5.41) is 7.31. The highest BCUT2D eigenvalue weighted by atomic mass is 32.1. The molecule has 33 heavy (non-hydrogen) atoms. The Morgan fingerprint density at radius 1 is 0.909 bits per heavy atom. The molecule has 8 heteroatoms. The van der Waals surface area contributed by atoms with Crippen LogP contribution in [0.5, 0.6) is 0 Å². The molecule has 0 aromatic heterocycles. The third-order valence-corrected chi connectivity index (χ3v) is 4.88. The number of thiocarbonyl (C=S) groups is 1. The van der Waals surface area contributed by atoms with Crippen molar-refractivity contribution in [1.82, 2.24) is 16.2 Å². The van der Waals surface area contributed by atoms with Crippen molar-refractivity contribution in [2.45, 2.75) is 19.8 Å². The molecule has 0 radical (unpaired) electrons. The van der Waals surface area contributed by atoms with Gasteiger partial charge in [-0.2, -0.15) is 0 Å². The summed E-state index contributed by atoms with van der Waals surface area (Å²) in [6.07, 6.45) is 4.28. The fourth-order valence-corrected chi connectivity index (χ4v) is 3.24. The molecule has 0 heterocycles. The van der Waals surface area contributed by atoms with Crippen LogP contribution < -0.4 is 21.5 Å². The minimum atomic E-state index is -0.440. The van der Waals surface area contributed by atoms with E-state index in [1.165, 1.54) is 6.08 Å². The van der Waals surface area contributed by atoms with E-state index in [1.807, 2.05) is 49.4 Å². The van der Waals surface area contributed by atoms with Crippen molar-refractivity contribution in [1.29, 1.82) is 0 Å². The predicted molar refractivity (Wildman–Crippen MR) is 134 cm³/mol. The summed E-state index contributed by atoms with van der Waals surface area (Å²) in [7, 11) is 0. The molecular weight excluding hydrogens is 436 g/mol. The van der Waals surface area contributed by atoms with E-state index in [0.717, 1.165) is 22.8 Å². The zero-order chi connectivity index (χ0) is 23.6. The largest absolute Gasteiger partial charge is 0.326 e. The zero-order valence-electron chi connectivity index (χ0n) is 18.1. The maximum Gasteiger partial charge on any atom is 0.269 e. The van der Waals surface area contributed by atoms with Gasteiger partial charge in [-0.3, -0.25) is 30.6 Å². The second kappa shape index (κ2) is 11.5. The van der Waals surface area contributed by atoms with Crippen molar-refractivity contribution in [2.75, 3.05) is 5.32 Å². The second-order valence-electron chi connectivity index (χ2n) is 7.17. The van der Waals surface area contributed by atoms with Gasteiger partial charge in [0.2, 0.25) is 11.8 Å². The van der Waals surface area contributed by atoms with Crippen LogP contribution in [0, 0.1) is 0 Å². The summed E-state index contributed by atoms with van der Waals surface area (Å²) in [5.74, 6) is -0.946. The van der Waals surface area contributed by atoms with Crippen LogP contribution in [0.25, 0.3) is 16.8 Å². The first kappa shape index (κ1) is 23.6. The van der Waals surface area contributed by atoms with Gasteiger partial charge < -0.3 is 5.32 Å². The Labute approximate surface area is 197 Å². The number of hydrogen-bond donors (Lipinski definition) is 4. The lowest BCUT2D eigenvalue weighted by molar-refractivity contribution is -0.116. The van der Waals surface area contributed by atoms with E-state index in [1.54, 1.807) is 30.3 Å². The lowest BCUT2D eigenvalue weighted by Crippen LogP contribution is -2.48. The molecule has 0 aliphatic rings. The molecule has 0 unspecified atom stereocenters. The number of carbonyl (C=O) groups is 3. The molecule has 0 spiro atoms. The van der Waals surface area contributed by atoms with E-state index in [0.29, 0.717) is 17.7 Å². The van der Waals surface area contributed by atoms with Gasteiger partial charge in [0.1, 0.15) is 0 Å². The Kier molecular flexibility index (Phi) is 8.26. The van der Waals surface area contributed by atoms with Crippen molar-refractivity contribution in [3.05, 3.63) is 83.9 Å². The lowest BCUT2D eigenvalue weighted by Gasteiger charge is -2.10. The number of hydrazine groups is 1. The molecule has 3 amide bonds. The van der Waals surface area contributed by atoms with Crippen LogP contribution in [0.4, 0.5) is 5.69 Å². The van der Waals surface area contributed by atoms with E-state index in [-0.39, 0.29) is 11.0 Å². The van der Waals surface area contributed by atoms with E-state index < -0.39 is 11.8 Å². The second-order valence-corrected chi connectivity index (χ2v) is 7.58. The van der Waals surface area contributed by atoms with Crippen molar-refractivity contribution < 1.29 is 14.4 Å². The summed E-state index contributed by atoms with van der Waals surface area (Å²) >= 11 is 5.06. The van der Waals surface area contributed by atoms with Crippen LogP contribution >= 0.6 is 12.2 Å². The van der Waals surface area contributed by atoms with Crippen LogP contribution in [0.15, 0.2) is 72.8 Å². The summed E-state index contributed by atoms with van der Waals surface area (Å²) in [6.45, 7) is 1.92. The van der Waals surface area contributed by atoms with Gasteiger partial charge in [0.15, 0.2) is 5.11 Å². The molecule has 3 aromatic carbocycles. The van der Waals surface area contributed by atoms with Crippen LogP contribution in [0.1, 0.15) is 35.7 Å². The Hall–Kier alpha value is -4.04. The van der Waals surface area contributed by atoms with Crippen LogP contribution in [0.2, 0.25) is 0 Å². The van der Waals surface area contributed by atoms with Crippen LogP contribution in [-0.4, -0.2) is 22.8 Å². The molecule has 3 rings (SSSR count). The Morgan fingerprint density at radius 3 is 2.39 bits per heavy atom. The highest BCUT2D eigenvalue weighted by molar-refractivity contribution is 7.80. The Bertz CT molecular complexity index is 1200. The molecule has 0 aliphatic carbocycles. The van der Waals surface area contributed by atoms with Gasteiger partial charge in [-0.15, -0.1) is 0 Å². The van der Waals surface area contributed by atoms with Crippen LogP contribution in [0.3, 0.4) is 0 Å². The van der Waals surface area contributed by atoms with Gasteiger partial charge in [-0.25, -0.2) is 0 Å². The molecular formula is C25H24N4O3S. The fraction of sp³-hybridized carbons (Fsp3) is 0.120. The molecule has 7 nitrogen and oxygen atoms in total. The first-order valence-electron chi connectivity index (χ1n) is 10.4. The summed E-state index contributed by atoms with van der Waals surface area (Å²) < 4.78 is 0. The average molecular weight is 461 g/mol. The van der Waals surface area contributed by atoms with E-state index >= 15 is 0 Å². The number of benzene rings is 3. The first-order valence-corrected chi connectivity index (χ1v) is 10.8. The van der Waals surface area contributed by atoms with Gasteiger partial charge in [0, 0.05) is 23.7 Å². The van der Waals surface area contributed by atoms with E-state index in [2.05, 4.69) is 21.5 Å². The number of carbonyl (C=O) groups excluding carboxylic acids is 3. The van der Waals surface area contributed by atoms with Gasteiger partial charge in [-0.1, -0.05) is 49.4 Å². The third kappa shape index (κ3) is 6.98. The number of nitrogens with one attached hydrogen (secondary N) is 4. The summed E-state index contributed by atoms with van der Waals surface area (Å²) in [4.78, 5) is 36.1. The third-order valence-electron chi connectivity index (χ3n) is 4.67. The smallest absolute Gasteiger partial charge is 0.269 e. The van der Waals surface area contributed by atoms with Crippen molar-refractivity contribution >= 4 is 57.6 Å².